The highest BCUT2D eigenvalue weighted by Crippen LogP contribution is 2.40. The molecular weight excluding hydrogens is 490 g/mol. The van der Waals surface area contributed by atoms with E-state index in [0.29, 0.717) is 34.4 Å². The Morgan fingerprint density at radius 2 is 1.54 bits per heavy atom. The number of aryl methyl sites for hydroxylation is 1. The molecule has 0 saturated heterocycles. The molecule has 8 nitrogen and oxygen atoms in total. The van der Waals surface area contributed by atoms with E-state index in [0.717, 1.165) is 18.4 Å². The Morgan fingerprint density at radius 1 is 0.892 bits per heavy atom. The molecule has 5 rings (SSSR count). The highest BCUT2D eigenvalue weighted by atomic mass is 32.2. The smallest absolute Gasteiger partial charge is 0.243 e. The molecule has 0 amide bonds. The molecule has 1 saturated carbocycles. The number of aromatic nitrogens is 2. The van der Waals surface area contributed by atoms with Crippen LogP contribution in [-0.2, 0) is 23.6 Å². The maximum Gasteiger partial charge on any atom is 0.243 e. The van der Waals surface area contributed by atoms with Crippen molar-refractivity contribution in [1.82, 2.24) is 14.1 Å². The summed E-state index contributed by atoms with van der Waals surface area (Å²) in [5, 5.41) is 4.76. The molecule has 1 aromatic heterocycles. The van der Waals surface area contributed by atoms with Crippen molar-refractivity contribution < 1.29 is 22.6 Å². The van der Waals surface area contributed by atoms with E-state index in [1.165, 1.54) is 0 Å². The molecule has 0 radical (unpaired) electrons. The summed E-state index contributed by atoms with van der Waals surface area (Å²) in [6, 6.07) is 23.4. The van der Waals surface area contributed by atoms with E-state index < -0.39 is 10.0 Å². The maximum absolute atomic E-state index is 13.8. The van der Waals surface area contributed by atoms with Gasteiger partial charge in [0.1, 0.15) is 11.4 Å². The van der Waals surface area contributed by atoms with Crippen molar-refractivity contribution in [2.75, 3.05) is 14.2 Å². The van der Waals surface area contributed by atoms with Crippen LogP contribution in [0.4, 0.5) is 0 Å². The number of hydrogen-bond donors (Lipinski definition) is 0. The van der Waals surface area contributed by atoms with Crippen molar-refractivity contribution in [1.29, 1.82) is 0 Å². The normalized spacial score (nSPS) is 13.5. The molecule has 1 aliphatic rings. The first-order valence-electron chi connectivity index (χ1n) is 12.0. The largest absolute Gasteiger partial charge is 0.497 e. The second-order valence-electron chi connectivity index (χ2n) is 8.83. The molecule has 0 N–H and O–H groups in total. The Kier molecular flexibility index (Phi) is 6.90. The molecule has 4 aromatic rings. The van der Waals surface area contributed by atoms with Gasteiger partial charge in [-0.15, -0.1) is 0 Å². The summed E-state index contributed by atoms with van der Waals surface area (Å²) in [4.78, 5) is 0.220. The number of para-hydroxylation sites is 2. The third-order valence-corrected chi connectivity index (χ3v) is 8.26. The number of benzene rings is 3. The minimum absolute atomic E-state index is 0.0879. The predicted octanol–water partition coefficient (Wildman–Crippen LogP) is 5.25. The molecule has 37 heavy (non-hydrogen) atoms. The first kappa shape index (κ1) is 24.9. The summed E-state index contributed by atoms with van der Waals surface area (Å²) in [5.41, 5.74) is 2.23. The molecule has 0 bridgehead atoms. The van der Waals surface area contributed by atoms with Crippen LogP contribution in [0.1, 0.15) is 18.4 Å². The highest BCUT2D eigenvalue weighted by molar-refractivity contribution is 7.89. The average molecular weight is 520 g/mol. The Hall–Kier alpha value is -3.82. The van der Waals surface area contributed by atoms with Crippen molar-refractivity contribution in [3.63, 3.8) is 0 Å². The summed E-state index contributed by atoms with van der Waals surface area (Å²) >= 11 is 0. The number of rotatable bonds is 10. The van der Waals surface area contributed by atoms with E-state index in [4.69, 9.17) is 19.3 Å². The number of ether oxygens (including phenoxy) is 3. The molecule has 1 aliphatic carbocycles. The Balaban J connectivity index is 1.60. The molecule has 1 heterocycles. The number of hydrogen-bond acceptors (Lipinski definition) is 6. The van der Waals surface area contributed by atoms with E-state index in [1.807, 2.05) is 54.6 Å². The lowest BCUT2D eigenvalue weighted by Gasteiger charge is -2.23. The quantitative estimate of drug-likeness (QED) is 0.285. The Labute approximate surface area is 217 Å². The van der Waals surface area contributed by atoms with Gasteiger partial charge in [0.05, 0.1) is 24.7 Å². The van der Waals surface area contributed by atoms with Crippen molar-refractivity contribution in [2.45, 2.75) is 30.3 Å². The molecule has 3 aromatic carbocycles. The predicted molar refractivity (Wildman–Crippen MR) is 140 cm³/mol. The molecule has 1 fully saturated rings. The monoisotopic (exact) mass is 519 g/mol. The van der Waals surface area contributed by atoms with Gasteiger partial charge in [-0.05, 0) is 49.2 Å². The minimum atomic E-state index is -3.79. The van der Waals surface area contributed by atoms with Crippen molar-refractivity contribution in [3.05, 3.63) is 84.4 Å². The lowest BCUT2D eigenvalue weighted by atomic mass is 10.1. The van der Waals surface area contributed by atoms with Crippen molar-refractivity contribution in [2.24, 2.45) is 7.05 Å². The number of sulfonamides is 1. The summed E-state index contributed by atoms with van der Waals surface area (Å²) in [5.74, 6) is 2.15. The molecule has 9 heteroatoms. The van der Waals surface area contributed by atoms with Gasteiger partial charge >= 0.3 is 0 Å². The van der Waals surface area contributed by atoms with Gasteiger partial charge in [0.25, 0.3) is 0 Å². The van der Waals surface area contributed by atoms with Crippen LogP contribution in [0.3, 0.4) is 0 Å². The molecular formula is C28H29N3O5S. The van der Waals surface area contributed by atoms with Crippen LogP contribution in [0.25, 0.3) is 11.3 Å². The van der Waals surface area contributed by atoms with Crippen LogP contribution in [-0.4, -0.2) is 42.8 Å². The molecule has 0 unspecified atom stereocenters. The van der Waals surface area contributed by atoms with Gasteiger partial charge in [0.2, 0.25) is 15.9 Å². The number of nitrogens with zero attached hydrogens (tertiary/aromatic N) is 3. The summed E-state index contributed by atoms with van der Waals surface area (Å²) < 4.78 is 47.9. The highest BCUT2D eigenvalue weighted by Gasteiger charge is 2.40. The second kappa shape index (κ2) is 10.3. The standard InChI is InChI=1S/C28H29N3O5S/c1-30-28(36-26-12-8-7-11-25(26)35-3)24(27(29-30)20-9-5-4-6-10-20)19-31(21-13-14-21)37(32,33)23-17-15-22(34-2)16-18-23/h4-12,15-18,21H,13-14,19H2,1-3H3. The molecule has 192 valence electrons. The zero-order chi connectivity index (χ0) is 26.0. The lowest BCUT2D eigenvalue weighted by Crippen LogP contribution is -2.33. The van der Waals surface area contributed by atoms with Crippen LogP contribution in [0, 0.1) is 0 Å². The van der Waals surface area contributed by atoms with Crippen molar-refractivity contribution in [3.8, 4) is 34.4 Å². The lowest BCUT2D eigenvalue weighted by molar-refractivity contribution is 0.355. The van der Waals surface area contributed by atoms with Gasteiger partial charge in [-0.1, -0.05) is 42.5 Å². The second-order valence-corrected chi connectivity index (χ2v) is 10.7. The van der Waals surface area contributed by atoms with E-state index in [1.54, 1.807) is 54.5 Å². The van der Waals surface area contributed by atoms with Crippen LogP contribution in [0.5, 0.6) is 23.1 Å². The van der Waals surface area contributed by atoms with E-state index in [2.05, 4.69) is 0 Å². The molecule has 0 atom stereocenters. The van der Waals surface area contributed by atoms with E-state index >= 15 is 0 Å². The van der Waals surface area contributed by atoms with Gasteiger partial charge in [0.15, 0.2) is 11.5 Å². The van der Waals surface area contributed by atoms with E-state index in [9.17, 15) is 8.42 Å². The Morgan fingerprint density at radius 3 is 2.16 bits per heavy atom. The Bertz CT molecular complexity index is 1480. The van der Waals surface area contributed by atoms with Crippen LogP contribution < -0.4 is 14.2 Å². The molecule has 0 spiro atoms. The summed E-state index contributed by atoms with van der Waals surface area (Å²) in [6.45, 7) is 0.113. The maximum atomic E-state index is 13.8. The first-order chi connectivity index (χ1) is 17.9. The van der Waals surface area contributed by atoms with E-state index in [-0.39, 0.29) is 17.5 Å². The zero-order valence-electron chi connectivity index (χ0n) is 21.0. The third kappa shape index (κ3) is 5.05. The van der Waals surface area contributed by atoms with Gasteiger partial charge in [-0.25, -0.2) is 13.1 Å². The van der Waals surface area contributed by atoms with Crippen molar-refractivity contribution >= 4 is 10.0 Å². The van der Waals surface area contributed by atoms with Gasteiger partial charge in [-0.3, -0.25) is 0 Å². The number of methoxy groups -OCH3 is 2. The van der Waals surface area contributed by atoms with Gasteiger partial charge in [-0.2, -0.15) is 9.40 Å². The fraction of sp³-hybridized carbons (Fsp3) is 0.250. The van der Waals surface area contributed by atoms with Crippen LogP contribution in [0.15, 0.2) is 83.8 Å². The van der Waals surface area contributed by atoms with Crippen LogP contribution >= 0.6 is 0 Å². The van der Waals surface area contributed by atoms with Gasteiger partial charge < -0.3 is 14.2 Å². The van der Waals surface area contributed by atoms with Gasteiger partial charge in [0, 0.05) is 25.2 Å². The minimum Gasteiger partial charge on any atom is -0.497 e. The molecule has 0 aliphatic heterocycles. The fourth-order valence-corrected chi connectivity index (χ4v) is 5.92. The third-order valence-electron chi connectivity index (χ3n) is 6.34. The summed E-state index contributed by atoms with van der Waals surface area (Å²) in [7, 11) is 1.13. The summed E-state index contributed by atoms with van der Waals surface area (Å²) in [6.07, 6.45) is 1.61. The fourth-order valence-electron chi connectivity index (χ4n) is 4.27. The SMILES string of the molecule is COc1ccc(S(=O)(=O)N(Cc2c(-c3ccccc3)nn(C)c2Oc2ccccc2OC)C2CC2)cc1. The first-order valence-corrected chi connectivity index (χ1v) is 13.4. The average Bonchev–Trinajstić information content (AvgIpc) is 3.72. The zero-order valence-corrected chi connectivity index (χ0v) is 21.8. The van der Waals surface area contributed by atoms with Crippen LogP contribution in [0.2, 0.25) is 0 Å². The topological polar surface area (TPSA) is 82.9 Å².